The van der Waals surface area contributed by atoms with Crippen molar-refractivity contribution in [3.8, 4) is 0 Å². The molecule has 1 saturated heterocycles. The molecule has 0 aliphatic carbocycles. The molecule has 1 N–H and O–H groups in total. The van der Waals surface area contributed by atoms with Crippen LogP contribution >= 0.6 is 0 Å². The van der Waals surface area contributed by atoms with Crippen molar-refractivity contribution < 1.29 is 4.79 Å². The van der Waals surface area contributed by atoms with Crippen molar-refractivity contribution in [1.82, 2.24) is 15.1 Å². The summed E-state index contributed by atoms with van der Waals surface area (Å²) in [5.74, 6) is 0.915. The van der Waals surface area contributed by atoms with Crippen molar-refractivity contribution >= 4 is 12.0 Å². The zero-order valence-electron chi connectivity index (χ0n) is 15.1. The summed E-state index contributed by atoms with van der Waals surface area (Å²) in [6.45, 7) is 10.7. The van der Waals surface area contributed by atoms with Gasteiger partial charge in [-0.05, 0) is 18.0 Å². The van der Waals surface area contributed by atoms with Gasteiger partial charge in [0.25, 0.3) is 0 Å². The fraction of sp³-hybridized carbons (Fsp3) is 0.550. The Balaban J connectivity index is 1.62. The lowest BCUT2D eigenvalue weighted by molar-refractivity contribution is -0.132. The molecular weight excluding hydrogens is 298 g/mol. The molecule has 1 aliphatic rings. The molecule has 1 amide bonds. The SMILES string of the molecule is CC(C)CNCCC(=O)N1CCN(C/C=C/c2ccccc2)CC1. The van der Waals surface area contributed by atoms with E-state index >= 15 is 0 Å². The molecule has 1 aliphatic heterocycles. The Bertz CT molecular complexity index is 505. The lowest BCUT2D eigenvalue weighted by atomic mass is 10.2. The molecule has 0 bridgehead atoms. The van der Waals surface area contributed by atoms with E-state index in [2.05, 4.69) is 60.5 Å². The predicted molar refractivity (Wildman–Crippen MR) is 101 cm³/mol. The molecule has 0 unspecified atom stereocenters. The Morgan fingerprint density at radius 3 is 2.54 bits per heavy atom. The second kappa shape index (κ2) is 10.3. The van der Waals surface area contributed by atoms with Crippen LogP contribution in [0.4, 0.5) is 0 Å². The van der Waals surface area contributed by atoms with Crippen molar-refractivity contribution in [2.45, 2.75) is 20.3 Å². The summed E-state index contributed by atoms with van der Waals surface area (Å²) in [6.07, 6.45) is 4.99. The van der Waals surface area contributed by atoms with Crippen molar-refractivity contribution in [2.24, 2.45) is 5.92 Å². The average molecular weight is 329 g/mol. The van der Waals surface area contributed by atoms with Gasteiger partial charge >= 0.3 is 0 Å². The van der Waals surface area contributed by atoms with E-state index in [0.717, 1.165) is 45.8 Å². The Morgan fingerprint density at radius 2 is 1.88 bits per heavy atom. The van der Waals surface area contributed by atoms with E-state index in [0.29, 0.717) is 12.3 Å². The highest BCUT2D eigenvalue weighted by molar-refractivity contribution is 5.76. The van der Waals surface area contributed by atoms with E-state index in [1.807, 2.05) is 11.0 Å². The van der Waals surface area contributed by atoms with E-state index in [-0.39, 0.29) is 5.91 Å². The highest BCUT2D eigenvalue weighted by Gasteiger charge is 2.19. The number of carbonyl (C=O) groups excluding carboxylic acids is 1. The minimum Gasteiger partial charge on any atom is -0.340 e. The van der Waals surface area contributed by atoms with E-state index in [1.54, 1.807) is 0 Å². The number of amides is 1. The molecule has 4 heteroatoms. The lowest BCUT2D eigenvalue weighted by Gasteiger charge is -2.34. The molecule has 1 aromatic carbocycles. The number of nitrogens with one attached hydrogen (secondary N) is 1. The summed E-state index contributed by atoms with van der Waals surface area (Å²) in [5.41, 5.74) is 1.24. The maximum Gasteiger partial charge on any atom is 0.223 e. The van der Waals surface area contributed by atoms with Gasteiger partial charge < -0.3 is 10.2 Å². The Kier molecular flexibility index (Phi) is 7.99. The molecule has 0 spiro atoms. The Morgan fingerprint density at radius 1 is 1.17 bits per heavy atom. The van der Waals surface area contributed by atoms with Crippen molar-refractivity contribution in [3.63, 3.8) is 0 Å². The number of carbonyl (C=O) groups is 1. The van der Waals surface area contributed by atoms with Crippen LogP contribution in [0, 0.1) is 5.92 Å². The topological polar surface area (TPSA) is 35.6 Å². The molecule has 0 atom stereocenters. The number of rotatable bonds is 8. The molecule has 1 heterocycles. The van der Waals surface area contributed by atoms with Crippen LogP contribution in [0.3, 0.4) is 0 Å². The minimum absolute atomic E-state index is 0.283. The summed E-state index contributed by atoms with van der Waals surface area (Å²) in [6, 6.07) is 10.4. The smallest absolute Gasteiger partial charge is 0.223 e. The van der Waals surface area contributed by atoms with Crippen LogP contribution in [-0.2, 0) is 4.79 Å². The normalized spacial score (nSPS) is 16.2. The van der Waals surface area contributed by atoms with Gasteiger partial charge in [-0.3, -0.25) is 9.69 Å². The summed E-state index contributed by atoms with van der Waals surface area (Å²) in [5, 5.41) is 3.34. The monoisotopic (exact) mass is 329 g/mol. The molecule has 2 rings (SSSR count). The number of nitrogens with zero attached hydrogens (tertiary/aromatic N) is 2. The first-order chi connectivity index (χ1) is 11.6. The van der Waals surface area contributed by atoms with Gasteiger partial charge in [-0.15, -0.1) is 0 Å². The third-order valence-electron chi connectivity index (χ3n) is 4.27. The number of hydrogen-bond acceptors (Lipinski definition) is 3. The van der Waals surface area contributed by atoms with E-state index in [4.69, 9.17) is 0 Å². The van der Waals surface area contributed by atoms with Gasteiger partial charge in [-0.1, -0.05) is 56.3 Å². The van der Waals surface area contributed by atoms with Crippen LogP contribution in [-0.4, -0.2) is 61.5 Å². The molecule has 24 heavy (non-hydrogen) atoms. The van der Waals surface area contributed by atoms with Crippen LogP contribution < -0.4 is 5.32 Å². The van der Waals surface area contributed by atoms with Crippen molar-refractivity contribution in [2.75, 3.05) is 45.8 Å². The summed E-state index contributed by atoms with van der Waals surface area (Å²) >= 11 is 0. The van der Waals surface area contributed by atoms with Crippen molar-refractivity contribution in [1.29, 1.82) is 0 Å². The average Bonchev–Trinajstić information content (AvgIpc) is 2.60. The molecule has 1 aromatic rings. The fourth-order valence-corrected chi connectivity index (χ4v) is 2.83. The maximum absolute atomic E-state index is 12.2. The summed E-state index contributed by atoms with van der Waals surface area (Å²) in [4.78, 5) is 16.6. The second-order valence-electron chi connectivity index (χ2n) is 6.84. The van der Waals surface area contributed by atoms with Crippen LogP contribution in [0.2, 0.25) is 0 Å². The molecular formula is C20H31N3O. The van der Waals surface area contributed by atoms with Gasteiger partial charge in [0.1, 0.15) is 0 Å². The number of piperazine rings is 1. The first-order valence-electron chi connectivity index (χ1n) is 9.07. The van der Waals surface area contributed by atoms with E-state index < -0.39 is 0 Å². The summed E-state index contributed by atoms with van der Waals surface area (Å²) < 4.78 is 0. The number of benzene rings is 1. The van der Waals surface area contributed by atoms with E-state index in [1.165, 1.54) is 5.56 Å². The molecule has 0 radical (unpaired) electrons. The molecule has 0 aromatic heterocycles. The van der Waals surface area contributed by atoms with Crippen LogP contribution in [0.5, 0.6) is 0 Å². The first kappa shape index (κ1) is 18.7. The third-order valence-corrected chi connectivity index (χ3v) is 4.27. The Labute approximate surface area is 146 Å². The van der Waals surface area contributed by atoms with Crippen LogP contribution in [0.15, 0.2) is 36.4 Å². The molecule has 4 nitrogen and oxygen atoms in total. The van der Waals surface area contributed by atoms with Gasteiger partial charge in [-0.2, -0.15) is 0 Å². The number of hydrogen-bond donors (Lipinski definition) is 1. The fourth-order valence-electron chi connectivity index (χ4n) is 2.83. The van der Waals surface area contributed by atoms with E-state index in [9.17, 15) is 4.79 Å². The highest BCUT2D eigenvalue weighted by atomic mass is 16.2. The van der Waals surface area contributed by atoms with Gasteiger partial charge in [0, 0.05) is 45.7 Å². The van der Waals surface area contributed by atoms with Gasteiger partial charge in [-0.25, -0.2) is 0 Å². The van der Waals surface area contributed by atoms with Gasteiger partial charge in [0.2, 0.25) is 5.91 Å². The molecule has 132 valence electrons. The quantitative estimate of drug-likeness (QED) is 0.744. The Hall–Kier alpha value is -1.65. The maximum atomic E-state index is 12.2. The lowest BCUT2D eigenvalue weighted by Crippen LogP contribution is -2.49. The highest BCUT2D eigenvalue weighted by Crippen LogP contribution is 2.05. The largest absolute Gasteiger partial charge is 0.340 e. The van der Waals surface area contributed by atoms with Crippen LogP contribution in [0.25, 0.3) is 6.08 Å². The second-order valence-corrected chi connectivity index (χ2v) is 6.84. The van der Waals surface area contributed by atoms with Gasteiger partial charge in [0.05, 0.1) is 0 Å². The molecule has 1 fully saturated rings. The third kappa shape index (κ3) is 6.85. The van der Waals surface area contributed by atoms with Crippen LogP contribution in [0.1, 0.15) is 25.8 Å². The summed E-state index contributed by atoms with van der Waals surface area (Å²) in [7, 11) is 0. The zero-order chi connectivity index (χ0) is 17.2. The van der Waals surface area contributed by atoms with Crippen molar-refractivity contribution in [3.05, 3.63) is 42.0 Å². The predicted octanol–water partition coefficient (Wildman–Crippen LogP) is 2.48. The standard InChI is InChI=1S/C20H31N3O/c1-18(2)17-21-11-10-20(24)23-15-13-22(14-16-23)12-6-9-19-7-4-3-5-8-19/h3-9,18,21H,10-17H2,1-2H3/b9-6+. The zero-order valence-corrected chi connectivity index (χ0v) is 15.1. The first-order valence-corrected chi connectivity index (χ1v) is 9.07. The minimum atomic E-state index is 0.283. The van der Waals surface area contributed by atoms with Gasteiger partial charge in [0.15, 0.2) is 0 Å². The molecule has 0 saturated carbocycles.